The van der Waals surface area contributed by atoms with Crippen molar-refractivity contribution in [1.29, 1.82) is 0 Å². The largest absolute Gasteiger partial charge is 0.337 e. The first-order valence-electron chi connectivity index (χ1n) is 8.15. The van der Waals surface area contributed by atoms with Gasteiger partial charge in [0.25, 0.3) is 5.89 Å². The highest BCUT2D eigenvalue weighted by molar-refractivity contribution is 7.99. The second kappa shape index (κ2) is 7.36. The van der Waals surface area contributed by atoms with Crippen LogP contribution < -0.4 is 5.73 Å². The Kier molecular flexibility index (Phi) is 5.20. The van der Waals surface area contributed by atoms with Crippen molar-refractivity contribution >= 4 is 17.7 Å². The first kappa shape index (κ1) is 17.0. The lowest BCUT2D eigenvalue weighted by Crippen LogP contribution is -2.35. The van der Waals surface area contributed by atoms with Gasteiger partial charge in [-0.25, -0.2) is 0 Å². The number of rotatable bonds is 5. The maximum Gasteiger partial charge on any atom is 0.250 e. The van der Waals surface area contributed by atoms with Crippen LogP contribution in [0.5, 0.6) is 0 Å². The summed E-state index contributed by atoms with van der Waals surface area (Å²) in [5.41, 5.74) is 7.55. The number of amides is 1. The van der Waals surface area contributed by atoms with E-state index in [1.54, 1.807) is 11.8 Å². The van der Waals surface area contributed by atoms with Crippen LogP contribution in [-0.2, 0) is 11.3 Å². The molecular weight excluding hydrogens is 324 g/mol. The van der Waals surface area contributed by atoms with E-state index in [0.29, 0.717) is 24.1 Å². The maximum absolute atomic E-state index is 12.5. The molecule has 0 radical (unpaired) electrons. The summed E-state index contributed by atoms with van der Waals surface area (Å²) in [7, 11) is 0. The van der Waals surface area contributed by atoms with E-state index in [9.17, 15) is 4.79 Å². The number of aromatic nitrogens is 2. The van der Waals surface area contributed by atoms with Crippen LogP contribution >= 0.6 is 11.8 Å². The zero-order chi connectivity index (χ0) is 17.1. The Hall–Kier alpha value is -1.86. The van der Waals surface area contributed by atoms with Crippen molar-refractivity contribution in [2.24, 2.45) is 11.7 Å². The first-order chi connectivity index (χ1) is 11.6. The molecule has 2 heterocycles. The molecule has 24 heavy (non-hydrogen) atoms. The number of hydrogen-bond acceptors (Lipinski definition) is 6. The van der Waals surface area contributed by atoms with Gasteiger partial charge in [0.05, 0.1) is 5.88 Å². The molecule has 2 unspecified atom stereocenters. The monoisotopic (exact) mass is 346 g/mol. The summed E-state index contributed by atoms with van der Waals surface area (Å²) in [6, 6.07) is 7.64. The molecule has 7 heteroatoms. The minimum atomic E-state index is -0.138. The van der Waals surface area contributed by atoms with Crippen LogP contribution in [0.4, 0.5) is 0 Å². The average Bonchev–Trinajstić information content (AvgIpc) is 3.29. The summed E-state index contributed by atoms with van der Waals surface area (Å²) in [5, 5.41) is 4.08. The lowest BCUT2D eigenvalue weighted by atomic mass is 10.1. The Bertz CT molecular complexity index is 701. The molecule has 2 atom stereocenters. The van der Waals surface area contributed by atoms with Crippen molar-refractivity contribution in [3.63, 3.8) is 0 Å². The molecule has 0 spiro atoms. The van der Waals surface area contributed by atoms with Gasteiger partial charge in [-0.15, -0.1) is 11.8 Å². The Labute approximate surface area is 145 Å². The van der Waals surface area contributed by atoms with Gasteiger partial charge >= 0.3 is 0 Å². The first-order valence-corrected chi connectivity index (χ1v) is 9.30. The fraction of sp³-hybridized carbons (Fsp3) is 0.471. The molecule has 1 amide bonds. The van der Waals surface area contributed by atoms with Gasteiger partial charge in [0, 0.05) is 23.8 Å². The van der Waals surface area contributed by atoms with Gasteiger partial charge in [-0.05, 0) is 12.0 Å². The van der Waals surface area contributed by atoms with Gasteiger partial charge in [0.2, 0.25) is 11.7 Å². The smallest absolute Gasteiger partial charge is 0.250 e. The summed E-state index contributed by atoms with van der Waals surface area (Å²) in [5.74, 6) is 2.68. The molecule has 1 aliphatic rings. The van der Waals surface area contributed by atoms with Gasteiger partial charge < -0.3 is 15.2 Å². The van der Waals surface area contributed by atoms with Crippen molar-refractivity contribution < 1.29 is 9.32 Å². The highest BCUT2D eigenvalue weighted by atomic mass is 32.2. The van der Waals surface area contributed by atoms with Gasteiger partial charge in [-0.3, -0.25) is 4.79 Å². The summed E-state index contributed by atoms with van der Waals surface area (Å²) < 4.78 is 5.46. The molecule has 1 saturated heterocycles. The number of carbonyl (C=O) groups is 1. The minimum Gasteiger partial charge on any atom is -0.337 e. The molecule has 0 bridgehead atoms. The van der Waals surface area contributed by atoms with Crippen molar-refractivity contribution in [3.05, 3.63) is 35.7 Å². The standard InChI is InChI=1S/C17H22N4O2S/c1-3-11(2)17(22)21-10-24-9-14(21)16-19-15(20-23-16)13-6-4-12(8-18)5-7-13/h4-7,11,14H,3,8-10,18H2,1-2H3. The van der Waals surface area contributed by atoms with E-state index in [4.69, 9.17) is 10.3 Å². The lowest BCUT2D eigenvalue weighted by Gasteiger charge is -2.23. The molecule has 128 valence electrons. The lowest BCUT2D eigenvalue weighted by molar-refractivity contribution is -0.136. The number of hydrogen-bond donors (Lipinski definition) is 1. The molecule has 2 aromatic rings. The SMILES string of the molecule is CCC(C)C(=O)N1CSCC1c1nc(-c2ccc(CN)cc2)no1. The number of nitrogens with two attached hydrogens (primary N) is 1. The van der Waals surface area contributed by atoms with E-state index in [0.717, 1.165) is 23.3 Å². The zero-order valence-corrected chi connectivity index (χ0v) is 14.8. The normalized spacial score (nSPS) is 18.8. The topological polar surface area (TPSA) is 85.2 Å². The molecule has 1 fully saturated rings. The fourth-order valence-corrected chi connectivity index (χ4v) is 3.75. The van der Waals surface area contributed by atoms with Crippen LogP contribution in [0, 0.1) is 5.92 Å². The summed E-state index contributed by atoms with van der Waals surface area (Å²) in [4.78, 5) is 18.9. The van der Waals surface area contributed by atoms with Crippen LogP contribution in [-0.4, -0.2) is 32.6 Å². The van der Waals surface area contributed by atoms with Gasteiger partial charge in [0.1, 0.15) is 6.04 Å². The predicted octanol–water partition coefficient (Wildman–Crippen LogP) is 2.82. The van der Waals surface area contributed by atoms with Crippen molar-refractivity contribution in [2.45, 2.75) is 32.9 Å². The van der Waals surface area contributed by atoms with Crippen LogP contribution in [0.2, 0.25) is 0 Å². The molecule has 0 saturated carbocycles. The highest BCUT2D eigenvalue weighted by Gasteiger charge is 2.36. The van der Waals surface area contributed by atoms with Crippen LogP contribution in [0.15, 0.2) is 28.8 Å². The van der Waals surface area contributed by atoms with Crippen LogP contribution in [0.25, 0.3) is 11.4 Å². The third kappa shape index (κ3) is 3.32. The molecule has 1 aliphatic heterocycles. The number of carbonyl (C=O) groups excluding carboxylic acids is 1. The fourth-order valence-electron chi connectivity index (χ4n) is 2.60. The number of nitrogens with zero attached hydrogens (tertiary/aromatic N) is 3. The molecule has 2 N–H and O–H groups in total. The summed E-state index contributed by atoms with van der Waals surface area (Å²) >= 11 is 1.71. The maximum atomic E-state index is 12.5. The highest BCUT2D eigenvalue weighted by Crippen LogP contribution is 2.34. The Morgan fingerprint density at radius 1 is 1.46 bits per heavy atom. The summed E-state index contributed by atoms with van der Waals surface area (Å²) in [6.45, 7) is 4.49. The van der Waals surface area contributed by atoms with Crippen molar-refractivity contribution in [1.82, 2.24) is 15.0 Å². The number of thioether (sulfide) groups is 1. The molecule has 3 rings (SSSR count). The quantitative estimate of drug-likeness (QED) is 0.896. The van der Waals surface area contributed by atoms with E-state index in [-0.39, 0.29) is 17.9 Å². The average molecular weight is 346 g/mol. The van der Waals surface area contributed by atoms with Gasteiger partial charge in [0.15, 0.2) is 0 Å². The number of benzene rings is 1. The zero-order valence-electron chi connectivity index (χ0n) is 13.9. The van der Waals surface area contributed by atoms with Crippen LogP contribution in [0.1, 0.15) is 37.8 Å². The Balaban J connectivity index is 1.80. The molecule has 0 aliphatic carbocycles. The van der Waals surface area contributed by atoms with E-state index < -0.39 is 0 Å². The Morgan fingerprint density at radius 2 is 2.21 bits per heavy atom. The van der Waals surface area contributed by atoms with Crippen molar-refractivity contribution in [3.8, 4) is 11.4 Å². The molecular formula is C17H22N4O2S. The van der Waals surface area contributed by atoms with E-state index >= 15 is 0 Å². The van der Waals surface area contributed by atoms with E-state index in [1.165, 1.54) is 0 Å². The van der Waals surface area contributed by atoms with Crippen LogP contribution in [0.3, 0.4) is 0 Å². The van der Waals surface area contributed by atoms with E-state index in [2.05, 4.69) is 10.1 Å². The van der Waals surface area contributed by atoms with E-state index in [1.807, 2.05) is 43.0 Å². The van der Waals surface area contributed by atoms with Gasteiger partial charge in [-0.1, -0.05) is 43.3 Å². The minimum absolute atomic E-state index is 0.0115. The Morgan fingerprint density at radius 3 is 2.88 bits per heavy atom. The van der Waals surface area contributed by atoms with Gasteiger partial charge in [-0.2, -0.15) is 4.98 Å². The third-order valence-corrected chi connectivity index (χ3v) is 5.39. The predicted molar refractivity (Wildman–Crippen MR) is 94.0 cm³/mol. The molecule has 1 aromatic carbocycles. The second-order valence-electron chi connectivity index (χ2n) is 5.99. The molecule has 6 nitrogen and oxygen atoms in total. The van der Waals surface area contributed by atoms with Crippen molar-refractivity contribution in [2.75, 3.05) is 11.6 Å². The molecule has 1 aromatic heterocycles. The second-order valence-corrected chi connectivity index (χ2v) is 6.99. The third-order valence-electron chi connectivity index (χ3n) is 4.37. The summed E-state index contributed by atoms with van der Waals surface area (Å²) in [6.07, 6.45) is 0.829.